The smallest absolute Gasteiger partial charge is 0.166 e. The fraction of sp³-hybridized carbons (Fsp3) is 0.500. The van der Waals surface area contributed by atoms with Crippen LogP contribution < -0.4 is 4.74 Å². The van der Waals surface area contributed by atoms with Gasteiger partial charge in [-0.3, -0.25) is 4.79 Å². The zero-order valence-corrected chi connectivity index (χ0v) is 10.6. The predicted octanol–water partition coefficient (Wildman–Crippen LogP) is 2.60. The van der Waals surface area contributed by atoms with Gasteiger partial charge in [-0.05, 0) is 43.0 Å². The number of methoxy groups -OCH3 is 1. The third-order valence-electron chi connectivity index (χ3n) is 3.30. The topological polar surface area (TPSA) is 35.5 Å². The van der Waals surface area contributed by atoms with Crippen molar-refractivity contribution in [2.24, 2.45) is 0 Å². The zero-order valence-electron chi connectivity index (χ0n) is 10.6. The SMILES string of the molecule is CCOC1C(=O)CCc2ccc(OC)c(C)c21. The summed E-state index contributed by atoms with van der Waals surface area (Å²) in [4.78, 5) is 11.9. The second-order valence-corrected chi connectivity index (χ2v) is 4.27. The summed E-state index contributed by atoms with van der Waals surface area (Å²) in [5.41, 5.74) is 3.25. The first-order chi connectivity index (χ1) is 8.19. The van der Waals surface area contributed by atoms with Gasteiger partial charge >= 0.3 is 0 Å². The molecule has 1 atom stereocenters. The number of ketones is 1. The largest absolute Gasteiger partial charge is 0.496 e. The molecule has 17 heavy (non-hydrogen) atoms. The second kappa shape index (κ2) is 4.88. The van der Waals surface area contributed by atoms with E-state index < -0.39 is 6.10 Å². The molecule has 2 rings (SSSR count). The van der Waals surface area contributed by atoms with Gasteiger partial charge in [0.05, 0.1) is 7.11 Å². The van der Waals surface area contributed by atoms with E-state index in [0.29, 0.717) is 13.0 Å². The fourth-order valence-corrected chi connectivity index (χ4v) is 2.46. The summed E-state index contributed by atoms with van der Waals surface area (Å²) in [5.74, 6) is 0.999. The maximum atomic E-state index is 11.9. The van der Waals surface area contributed by atoms with E-state index in [9.17, 15) is 4.79 Å². The van der Waals surface area contributed by atoms with Crippen molar-refractivity contribution >= 4 is 5.78 Å². The van der Waals surface area contributed by atoms with Crippen molar-refractivity contribution < 1.29 is 14.3 Å². The Bertz CT molecular complexity index is 437. The molecule has 0 amide bonds. The number of rotatable bonds is 3. The van der Waals surface area contributed by atoms with Crippen LogP contribution in [0.2, 0.25) is 0 Å². The number of Topliss-reactive ketones (excluding diaryl/α,β-unsaturated/α-hetero) is 1. The molecule has 0 radical (unpaired) electrons. The van der Waals surface area contributed by atoms with Crippen LogP contribution in [-0.4, -0.2) is 19.5 Å². The van der Waals surface area contributed by atoms with Crippen molar-refractivity contribution in [1.82, 2.24) is 0 Å². The van der Waals surface area contributed by atoms with Gasteiger partial charge in [-0.1, -0.05) is 6.07 Å². The molecule has 3 nitrogen and oxygen atoms in total. The quantitative estimate of drug-likeness (QED) is 0.806. The minimum absolute atomic E-state index is 0.177. The summed E-state index contributed by atoms with van der Waals surface area (Å²) >= 11 is 0. The van der Waals surface area contributed by atoms with E-state index in [4.69, 9.17) is 9.47 Å². The van der Waals surface area contributed by atoms with Gasteiger partial charge in [0.15, 0.2) is 5.78 Å². The molecule has 0 bridgehead atoms. The molecule has 0 aliphatic heterocycles. The first kappa shape index (κ1) is 12.1. The minimum atomic E-state index is -0.404. The molecule has 0 N–H and O–H groups in total. The van der Waals surface area contributed by atoms with E-state index in [1.807, 2.05) is 26.0 Å². The van der Waals surface area contributed by atoms with Crippen LogP contribution in [0.3, 0.4) is 0 Å². The number of hydrogen-bond donors (Lipinski definition) is 0. The standard InChI is InChI=1S/C14H18O3/c1-4-17-14-11(15)7-5-10-6-8-12(16-3)9(2)13(10)14/h6,8,14H,4-5,7H2,1-3H3. The Hall–Kier alpha value is -1.35. The average molecular weight is 234 g/mol. The number of aryl methyl sites for hydroxylation is 1. The van der Waals surface area contributed by atoms with E-state index in [1.54, 1.807) is 7.11 Å². The lowest BCUT2D eigenvalue weighted by Gasteiger charge is -2.26. The molecule has 0 spiro atoms. The lowest BCUT2D eigenvalue weighted by atomic mass is 9.85. The number of ether oxygens (including phenoxy) is 2. The highest BCUT2D eigenvalue weighted by Gasteiger charge is 2.30. The van der Waals surface area contributed by atoms with Gasteiger partial charge in [0.25, 0.3) is 0 Å². The fourth-order valence-electron chi connectivity index (χ4n) is 2.46. The monoisotopic (exact) mass is 234 g/mol. The van der Waals surface area contributed by atoms with Crippen LogP contribution in [-0.2, 0) is 16.0 Å². The highest BCUT2D eigenvalue weighted by atomic mass is 16.5. The first-order valence-corrected chi connectivity index (χ1v) is 5.99. The van der Waals surface area contributed by atoms with Crippen LogP contribution in [0.25, 0.3) is 0 Å². The molecule has 0 fully saturated rings. The summed E-state index contributed by atoms with van der Waals surface area (Å²) in [5, 5.41) is 0. The van der Waals surface area contributed by atoms with Gasteiger partial charge in [-0.15, -0.1) is 0 Å². The van der Waals surface area contributed by atoms with Gasteiger partial charge in [0.1, 0.15) is 11.9 Å². The summed E-state index contributed by atoms with van der Waals surface area (Å²) < 4.78 is 10.9. The molecule has 1 aromatic rings. The normalized spacial score (nSPS) is 19.0. The van der Waals surface area contributed by atoms with Gasteiger partial charge in [0.2, 0.25) is 0 Å². The van der Waals surface area contributed by atoms with Crippen molar-refractivity contribution in [3.05, 3.63) is 28.8 Å². The molecule has 0 saturated carbocycles. The Balaban J connectivity index is 2.51. The maximum Gasteiger partial charge on any atom is 0.166 e. The highest BCUT2D eigenvalue weighted by molar-refractivity contribution is 5.87. The molecule has 1 aliphatic rings. The van der Waals surface area contributed by atoms with Crippen LogP contribution in [0.1, 0.15) is 36.1 Å². The summed E-state index contributed by atoms with van der Waals surface area (Å²) in [6.07, 6.45) is 0.977. The van der Waals surface area contributed by atoms with Gasteiger partial charge in [-0.2, -0.15) is 0 Å². The van der Waals surface area contributed by atoms with Crippen LogP contribution >= 0.6 is 0 Å². The number of carbonyl (C=O) groups is 1. The third kappa shape index (κ3) is 2.07. The predicted molar refractivity (Wildman–Crippen MR) is 65.4 cm³/mol. The van der Waals surface area contributed by atoms with Gasteiger partial charge in [-0.25, -0.2) is 0 Å². The van der Waals surface area contributed by atoms with Crippen molar-refractivity contribution in [3.63, 3.8) is 0 Å². The van der Waals surface area contributed by atoms with Crippen LogP contribution in [0.4, 0.5) is 0 Å². The minimum Gasteiger partial charge on any atom is -0.496 e. The summed E-state index contributed by atoms with van der Waals surface area (Å²) in [6.45, 7) is 4.45. The molecule has 0 saturated heterocycles. The van der Waals surface area contributed by atoms with Gasteiger partial charge < -0.3 is 9.47 Å². The Labute approximate surface area is 102 Å². The average Bonchev–Trinajstić information content (AvgIpc) is 2.33. The molecular formula is C14H18O3. The second-order valence-electron chi connectivity index (χ2n) is 4.27. The molecule has 1 aromatic carbocycles. The lowest BCUT2D eigenvalue weighted by Crippen LogP contribution is -2.24. The van der Waals surface area contributed by atoms with Gasteiger partial charge in [0, 0.05) is 13.0 Å². The van der Waals surface area contributed by atoms with Crippen molar-refractivity contribution in [2.75, 3.05) is 13.7 Å². The lowest BCUT2D eigenvalue weighted by molar-refractivity contribution is -0.131. The summed E-state index contributed by atoms with van der Waals surface area (Å²) in [6, 6.07) is 4.01. The van der Waals surface area contributed by atoms with E-state index in [2.05, 4.69) is 0 Å². The Morgan fingerprint density at radius 3 is 2.76 bits per heavy atom. The molecule has 0 aromatic heterocycles. The summed E-state index contributed by atoms with van der Waals surface area (Å²) in [7, 11) is 1.65. The van der Waals surface area contributed by atoms with Crippen molar-refractivity contribution in [3.8, 4) is 5.75 Å². The molecular weight excluding hydrogens is 216 g/mol. The Morgan fingerprint density at radius 1 is 1.35 bits per heavy atom. The van der Waals surface area contributed by atoms with E-state index in [0.717, 1.165) is 23.3 Å². The van der Waals surface area contributed by atoms with Crippen LogP contribution in [0.5, 0.6) is 5.75 Å². The third-order valence-corrected chi connectivity index (χ3v) is 3.30. The Morgan fingerprint density at radius 2 is 2.12 bits per heavy atom. The molecule has 3 heteroatoms. The number of benzene rings is 1. The van der Waals surface area contributed by atoms with E-state index in [-0.39, 0.29) is 5.78 Å². The number of hydrogen-bond acceptors (Lipinski definition) is 3. The van der Waals surface area contributed by atoms with Crippen molar-refractivity contribution in [1.29, 1.82) is 0 Å². The maximum absolute atomic E-state index is 11.9. The van der Waals surface area contributed by atoms with Crippen LogP contribution in [0, 0.1) is 6.92 Å². The Kier molecular flexibility index (Phi) is 3.48. The molecule has 92 valence electrons. The molecule has 1 unspecified atom stereocenters. The molecule has 0 heterocycles. The zero-order chi connectivity index (χ0) is 12.4. The first-order valence-electron chi connectivity index (χ1n) is 5.99. The highest BCUT2D eigenvalue weighted by Crippen LogP contribution is 2.36. The van der Waals surface area contributed by atoms with E-state index in [1.165, 1.54) is 5.56 Å². The number of fused-ring (bicyclic) bond motifs is 1. The number of carbonyl (C=O) groups excluding carboxylic acids is 1. The van der Waals surface area contributed by atoms with Crippen LogP contribution in [0.15, 0.2) is 12.1 Å². The van der Waals surface area contributed by atoms with Crippen molar-refractivity contribution in [2.45, 2.75) is 32.8 Å². The molecule has 1 aliphatic carbocycles. The van der Waals surface area contributed by atoms with E-state index >= 15 is 0 Å².